The first-order valence-corrected chi connectivity index (χ1v) is 9.18. The summed E-state index contributed by atoms with van der Waals surface area (Å²) in [5.41, 5.74) is 1.66. The average molecular weight is 467 g/mol. The number of amidine groups is 1. The summed E-state index contributed by atoms with van der Waals surface area (Å²) in [6, 6.07) is 15.4. The molecule has 0 unspecified atom stereocenters. The van der Waals surface area contributed by atoms with Crippen LogP contribution in [0.3, 0.4) is 0 Å². The maximum Gasteiger partial charge on any atom is 0.192 e. The quantitative estimate of drug-likeness (QED) is 0.526. The number of hydrogen-bond donors (Lipinski definition) is 1. The van der Waals surface area contributed by atoms with Gasteiger partial charge in [-0.05, 0) is 90.3 Å². The van der Waals surface area contributed by atoms with Gasteiger partial charge in [-0.25, -0.2) is 0 Å². The lowest BCUT2D eigenvalue weighted by Crippen LogP contribution is -2.32. The molecule has 0 aliphatic carbocycles. The van der Waals surface area contributed by atoms with E-state index in [2.05, 4.69) is 22.6 Å². The summed E-state index contributed by atoms with van der Waals surface area (Å²) >= 11 is 13.3. The van der Waals surface area contributed by atoms with Crippen LogP contribution in [-0.4, -0.2) is 22.5 Å². The van der Waals surface area contributed by atoms with E-state index in [0.29, 0.717) is 16.7 Å². The molecule has 7 heteroatoms. The number of anilines is 2. The molecule has 1 N–H and O–H groups in total. The number of benzene rings is 2. The monoisotopic (exact) mass is 467 g/mol. The zero-order valence-corrected chi connectivity index (χ0v) is 16.6. The van der Waals surface area contributed by atoms with E-state index < -0.39 is 0 Å². The fourth-order valence-corrected chi connectivity index (χ4v) is 3.49. The van der Waals surface area contributed by atoms with Gasteiger partial charge in [0.2, 0.25) is 0 Å². The third kappa shape index (κ3) is 3.15. The van der Waals surface area contributed by atoms with Gasteiger partial charge in [0.15, 0.2) is 15.9 Å². The highest BCUT2D eigenvalue weighted by Crippen LogP contribution is 2.29. The third-order valence-corrected chi connectivity index (χ3v) is 4.96. The van der Waals surface area contributed by atoms with Crippen LogP contribution < -0.4 is 14.5 Å². The van der Waals surface area contributed by atoms with Crippen molar-refractivity contribution in [1.82, 2.24) is 0 Å². The zero-order valence-electron chi connectivity index (χ0n) is 12.8. The molecule has 122 valence electrons. The van der Waals surface area contributed by atoms with Gasteiger partial charge in [-0.1, -0.05) is 12.2 Å². The molecule has 0 spiro atoms. The van der Waals surface area contributed by atoms with Crippen molar-refractivity contribution in [3.63, 3.8) is 0 Å². The maximum atomic E-state index is 8.35. The molecular weight excluding hydrogens is 453 g/mol. The van der Waals surface area contributed by atoms with Gasteiger partial charge in [0.25, 0.3) is 0 Å². The van der Waals surface area contributed by atoms with Crippen molar-refractivity contribution in [2.75, 3.05) is 16.4 Å². The molecule has 1 aliphatic heterocycles. The Morgan fingerprint density at radius 2 is 1.50 bits per heavy atom. The van der Waals surface area contributed by atoms with E-state index >= 15 is 0 Å². The summed E-state index contributed by atoms with van der Waals surface area (Å²) < 4.78 is 6.59. The predicted octanol–water partition coefficient (Wildman–Crippen LogP) is 4.61. The minimum Gasteiger partial charge on any atom is -0.494 e. The molecule has 2 aromatic rings. The van der Waals surface area contributed by atoms with Crippen LogP contribution in [0.2, 0.25) is 0 Å². The van der Waals surface area contributed by atoms with Crippen molar-refractivity contribution in [2.24, 2.45) is 0 Å². The normalized spacial score (nSPS) is 14.5. The Bertz CT molecular complexity index is 806. The molecule has 0 atom stereocenters. The van der Waals surface area contributed by atoms with Crippen molar-refractivity contribution < 1.29 is 4.74 Å². The van der Waals surface area contributed by atoms with Crippen molar-refractivity contribution in [2.45, 2.75) is 6.92 Å². The molecule has 0 amide bonds. The first-order valence-electron chi connectivity index (χ1n) is 7.28. The Morgan fingerprint density at radius 1 is 0.958 bits per heavy atom. The molecule has 24 heavy (non-hydrogen) atoms. The van der Waals surface area contributed by atoms with Crippen LogP contribution in [0, 0.1) is 8.98 Å². The minimum absolute atomic E-state index is 0.213. The van der Waals surface area contributed by atoms with Gasteiger partial charge in [0, 0.05) is 9.26 Å². The number of hydrogen-bond acceptors (Lipinski definition) is 4. The van der Waals surface area contributed by atoms with Crippen LogP contribution in [0.4, 0.5) is 11.4 Å². The van der Waals surface area contributed by atoms with E-state index in [1.165, 1.54) is 0 Å². The van der Waals surface area contributed by atoms with Gasteiger partial charge in [-0.2, -0.15) is 0 Å². The highest BCUT2D eigenvalue weighted by atomic mass is 127. The molecule has 0 saturated carbocycles. The molecule has 2 aromatic carbocycles. The molecule has 0 bridgehead atoms. The lowest BCUT2D eigenvalue weighted by Gasteiger charge is -2.20. The fourth-order valence-electron chi connectivity index (χ4n) is 2.40. The van der Waals surface area contributed by atoms with Crippen LogP contribution in [-0.2, 0) is 0 Å². The van der Waals surface area contributed by atoms with Crippen molar-refractivity contribution in [3.05, 3.63) is 52.1 Å². The minimum atomic E-state index is 0.213. The molecule has 4 nitrogen and oxygen atoms in total. The van der Waals surface area contributed by atoms with Gasteiger partial charge in [0.1, 0.15) is 5.75 Å². The number of nitrogens with one attached hydrogen (secondary N) is 1. The first kappa shape index (κ1) is 17.2. The third-order valence-electron chi connectivity index (χ3n) is 3.50. The highest BCUT2D eigenvalue weighted by molar-refractivity contribution is 14.1. The Morgan fingerprint density at radius 3 is 2.08 bits per heavy atom. The standard InChI is InChI=1S/C17H14IN3OS2/c1-2-22-14-9-7-13(8-10-14)21-16(23)15(19)20(17(21)24)12-5-3-11(18)4-6-12/h3-10,19H,2H2,1H3. The summed E-state index contributed by atoms with van der Waals surface area (Å²) in [6.45, 7) is 2.56. The van der Waals surface area contributed by atoms with Gasteiger partial charge in [0.05, 0.1) is 12.3 Å². The largest absolute Gasteiger partial charge is 0.494 e. The van der Waals surface area contributed by atoms with E-state index in [0.717, 1.165) is 20.7 Å². The molecule has 1 fully saturated rings. The Hall–Kier alpha value is -1.58. The fraction of sp³-hybridized carbons (Fsp3) is 0.118. The number of ether oxygens (including phenoxy) is 1. The summed E-state index contributed by atoms with van der Waals surface area (Å²) in [6.07, 6.45) is 0. The summed E-state index contributed by atoms with van der Waals surface area (Å²) in [4.78, 5) is 3.81. The second-order valence-corrected chi connectivity index (χ2v) is 7.01. The molecule has 0 radical (unpaired) electrons. The summed E-state index contributed by atoms with van der Waals surface area (Å²) in [7, 11) is 0. The topological polar surface area (TPSA) is 39.6 Å². The van der Waals surface area contributed by atoms with E-state index in [4.69, 9.17) is 34.6 Å². The lowest BCUT2D eigenvalue weighted by molar-refractivity contribution is 0.340. The summed E-state index contributed by atoms with van der Waals surface area (Å²) in [5, 5.41) is 8.83. The van der Waals surface area contributed by atoms with Crippen LogP contribution >= 0.6 is 47.0 Å². The summed E-state index contributed by atoms with van der Waals surface area (Å²) in [5.74, 6) is 1.01. The molecular formula is C17H14IN3OS2. The smallest absolute Gasteiger partial charge is 0.192 e. The van der Waals surface area contributed by atoms with Gasteiger partial charge >= 0.3 is 0 Å². The van der Waals surface area contributed by atoms with Crippen LogP contribution in [0.15, 0.2) is 48.5 Å². The molecule has 1 aliphatic rings. The molecule has 0 aromatic heterocycles. The number of thiocarbonyl (C=S) groups is 2. The van der Waals surface area contributed by atoms with Crippen LogP contribution in [0.1, 0.15) is 6.92 Å². The number of nitrogens with zero attached hydrogens (tertiary/aromatic N) is 2. The number of halogens is 1. The van der Waals surface area contributed by atoms with E-state index in [-0.39, 0.29) is 5.84 Å². The number of rotatable bonds is 4. The van der Waals surface area contributed by atoms with E-state index in [9.17, 15) is 0 Å². The Labute approximate surface area is 165 Å². The highest BCUT2D eigenvalue weighted by Gasteiger charge is 2.37. The van der Waals surface area contributed by atoms with E-state index in [1.54, 1.807) is 9.80 Å². The second-order valence-electron chi connectivity index (χ2n) is 5.01. The Balaban J connectivity index is 1.92. The van der Waals surface area contributed by atoms with Crippen LogP contribution in [0.25, 0.3) is 0 Å². The maximum absolute atomic E-state index is 8.35. The SMILES string of the molecule is CCOc1ccc(N2C(=S)C(=N)N(c3ccc(I)cc3)C2=S)cc1. The van der Waals surface area contributed by atoms with Crippen molar-refractivity contribution >= 4 is 74.3 Å². The predicted molar refractivity (Wildman–Crippen MR) is 115 cm³/mol. The second kappa shape index (κ2) is 7.12. The van der Waals surface area contributed by atoms with E-state index in [1.807, 2.05) is 55.5 Å². The van der Waals surface area contributed by atoms with Gasteiger partial charge in [-0.15, -0.1) is 0 Å². The molecule has 3 rings (SSSR count). The van der Waals surface area contributed by atoms with Crippen molar-refractivity contribution in [3.8, 4) is 5.75 Å². The lowest BCUT2D eigenvalue weighted by atomic mass is 10.3. The average Bonchev–Trinajstić information content (AvgIpc) is 2.80. The molecule has 1 saturated heterocycles. The zero-order chi connectivity index (χ0) is 17.3. The first-order chi connectivity index (χ1) is 11.5. The van der Waals surface area contributed by atoms with Gasteiger partial charge < -0.3 is 4.74 Å². The van der Waals surface area contributed by atoms with Crippen molar-refractivity contribution in [1.29, 1.82) is 5.41 Å². The Kier molecular flexibility index (Phi) is 5.12. The van der Waals surface area contributed by atoms with Gasteiger partial charge in [-0.3, -0.25) is 15.2 Å². The van der Waals surface area contributed by atoms with Crippen LogP contribution in [0.5, 0.6) is 5.75 Å². The molecule has 1 heterocycles.